The molecule has 0 aliphatic carbocycles. The molecule has 0 saturated heterocycles. The first-order valence-corrected chi connectivity index (χ1v) is 6.74. The zero-order valence-corrected chi connectivity index (χ0v) is 11.5. The van der Waals surface area contributed by atoms with E-state index in [4.69, 9.17) is 11.5 Å². The minimum Gasteiger partial charge on any atom is -0.397 e. The Hall–Kier alpha value is -2.08. The average molecular weight is 276 g/mol. The number of primary amides is 1. The zero-order chi connectivity index (χ0) is 13.8. The molecule has 0 bridgehead atoms. The van der Waals surface area contributed by atoms with Crippen molar-refractivity contribution in [1.29, 1.82) is 0 Å². The first kappa shape index (κ1) is 13.4. The van der Waals surface area contributed by atoms with Gasteiger partial charge in [-0.3, -0.25) is 4.79 Å². The molecule has 19 heavy (non-hydrogen) atoms. The van der Waals surface area contributed by atoms with Crippen LogP contribution in [0.5, 0.6) is 0 Å². The first-order chi connectivity index (χ1) is 9.08. The number of nitrogens with two attached hydrogens (primary N) is 2. The summed E-state index contributed by atoms with van der Waals surface area (Å²) >= 11 is 1.71. The van der Waals surface area contributed by atoms with Crippen LogP contribution in [-0.4, -0.2) is 24.5 Å². The second kappa shape index (κ2) is 5.71. The Kier molecular flexibility index (Phi) is 4.01. The second-order valence-corrected chi connectivity index (χ2v) is 5.29. The summed E-state index contributed by atoms with van der Waals surface area (Å²) < 4.78 is 0. The molecule has 0 atom stereocenters. The van der Waals surface area contributed by atoms with Gasteiger partial charge in [-0.2, -0.15) is 0 Å². The third-order valence-corrected chi connectivity index (χ3v) is 3.72. The van der Waals surface area contributed by atoms with Gasteiger partial charge in [0.25, 0.3) is 5.91 Å². The number of carbonyl (C=O) groups is 1. The maximum Gasteiger partial charge on any atom is 0.252 e. The summed E-state index contributed by atoms with van der Waals surface area (Å²) in [5.41, 5.74) is 11.8. The number of hydrogen-bond donors (Lipinski definition) is 2. The molecular formula is C13H16N4OS. The van der Waals surface area contributed by atoms with E-state index in [2.05, 4.69) is 11.1 Å². The Bertz CT molecular complexity index is 568. The van der Waals surface area contributed by atoms with Crippen molar-refractivity contribution in [3.8, 4) is 0 Å². The maximum atomic E-state index is 11.4. The highest BCUT2D eigenvalue weighted by atomic mass is 32.1. The third-order valence-electron chi connectivity index (χ3n) is 2.79. The van der Waals surface area contributed by atoms with E-state index >= 15 is 0 Å². The minimum absolute atomic E-state index is 0.355. The normalized spacial score (nSPS) is 10.4. The topological polar surface area (TPSA) is 85.2 Å². The van der Waals surface area contributed by atoms with Crippen LogP contribution in [-0.2, 0) is 6.42 Å². The fourth-order valence-corrected chi connectivity index (χ4v) is 2.50. The standard InChI is InChI=1S/C13H16N4OS/c1-17(5-4-10-3-2-6-19-10)13-11(12(15)18)7-9(14)8-16-13/h2-3,6-8H,4-5,14H2,1H3,(H2,15,18). The van der Waals surface area contributed by atoms with Crippen molar-refractivity contribution in [3.05, 3.63) is 40.2 Å². The number of aromatic nitrogens is 1. The lowest BCUT2D eigenvalue weighted by atomic mass is 10.2. The van der Waals surface area contributed by atoms with E-state index in [1.165, 1.54) is 11.1 Å². The van der Waals surface area contributed by atoms with Crippen LogP contribution in [0.25, 0.3) is 0 Å². The quantitative estimate of drug-likeness (QED) is 0.866. The van der Waals surface area contributed by atoms with Gasteiger partial charge in [-0.05, 0) is 23.9 Å². The van der Waals surface area contributed by atoms with Crippen molar-refractivity contribution in [2.75, 3.05) is 24.2 Å². The number of amides is 1. The lowest BCUT2D eigenvalue weighted by Crippen LogP contribution is -2.25. The Labute approximate surface area is 115 Å². The van der Waals surface area contributed by atoms with Gasteiger partial charge in [0.1, 0.15) is 5.82 Å². The SMILES string of the molecule is CN(CCc1cccs1)c1ncc(N)cc1C(N)=O. The molecule has 2 rings (SSSR count). The molecule has 0 saturated carbocycles. The number of pyridine rings is 1. The van der Waals surface area contributed by atoms with Gasteiger partial charge < -0.3 is 16.4 Å². The van der Waals surface area contributed by atoms with Gasteiger partial charge in [0.2, 0.25) is 0 Å². The van der Waals surface area contributed by atoms with Crippen LogP contribution in [0, 0.1) is 0 Å². The fourth-order valence-electron chi connectivity index (χ4n) is 1.80. The van der Waals surface area contributed by atoms with Gasteiger partial charge in [0.15, 0.2) is 0 Å². The van der Waals surface area contributed by atoms with Crippen LogP contribution in [0.3, 0.4) is 0 Å². The highest BCUT2D eigenvalue weighted by Gasteiger charge is 2.14. The highest BCUT2D eigenvalue weighted by molar-refractivity contribution is 7.09. The van der Waals surface area contributed by atoms with Gasteiger partial charge >= 0.3 is 0 Å². The lowest BCUT2D eigenvalue weighted by Gasteiger charge is -2.20. The Morgan fingerprint density at radius 2 is 2.32 bits per heavy atom. The number of thiophene rings is 1. The number of likely N-dealkylation sites (N-methyl/N-ethyl adjacent to an activating group) is 1. The van der Waals surface area contributed by atoms with Gasteiger partial charge in [-0.25, -0.2) is 4.98 Å². The van der Waals surface area contributed by atoms with Crippen LogP contribution in [0.2, 0.25) is 0 Å². The van der Waals surface area contributed by atoms with Crippen molar-refractivity contribution in [2.45, 2.75) is 6.42 Å². The molecule has 4 N–H and O–H groups in total. The minimum atomic E-state index is -0.516. The molecule has 2 heterocycles. The van der Waals surface area contributed by atoms with E-state index in [0.29, 0.717) is 17.1 Å². The predicted octanol–water partition coefficient (Wildman–Crippen LogP) is 1.50. The summed E-state index contributed by atoms with van der Waals surface area (Å²) in [6.07, 6.45) is 2.43. The molecule has 1 amide bonds. The third kappa shape index (κ3) is 3.23. The molecule has 6 heteroatoms. The summed E-state index contributed by atoms with van der Waals surface area (Å²) in [6.45, 7) is 0.762. The van der Waals surface area contributed by atoms with E-state index in [0.717, 1.165) is 13.0 Å². The first-order valence-electron chi connectivity index (χ1n) is 5.87. The van der Waals surface area contributed by atoms with E-state index in [1.807, 2.05) is 23.4 Å². The molecular weight excluding hydrogens is 260 g/mol. The monoisotopic (exact) mass is 276 g/mol. The van der Waals surface area contributed by atoms with Crippen LogP contribution >= 0.6 is 11.3 Å². The van der Waals surface area contributed by atoms with Crippen LogP contribution < -0.4 is 16.4 Å². The van der Waals surface area contributed by atoms with Crippen molar-refractivity contribution >= 4 is 28.7 Å². The number of nitrogen functional groups attached to an aromatic ring is 1. The Balaban J connectivity index is 2.14. The zero-order valence-electron chi connectivity index (χ0n) is 10.7. The van der Waals surface area contributed by atoms with Gasteiger partial charge in [-0.15, -0.1) is 11.3 Å². The molecule has 100 valence electrons. The summed E-state index contributed by atoms with van der Waals surface area (Å²) in [5, 5.41) is 2.05. The molecule has 5 nitrogen and oxygen atoms in total. The molecule has 0 aliphatic heterocycles. The fraction of sp³-hybridized carbons (Fsp3) is 0.231. The van der Waals surface area contributed by atoms with Gasteiger partial charge in [-0.1, -0.05) is 6.07 Å². The Morgan fingerprint density at radius 3 is 2.95 bits per heavy atom. The van der Waals surface area contributed by atoms with Crippen LogP contribution in [0.15, 0.2) is 29.8 Å². The second-order valence-electron chi connectivity index (χ2n) is 4.25. The molecule has 0 fully saturated rings. The summed E-state index contributed by atoms with van der Waals surface area (Å²) in [7, 11) is 1.89. The number of carbonyl (C=O) groups excluding carboxylic acids is 1. The van der Waals surface area contributed by atoms with Crippen molar-refractivity contribution in [3.63, 3.8) is 0 Å². The van der Waals surface area contributed by atoms with Gasteiger partial charge in [0.05, 0.1) is 17.4 Å². The molecule has 2 aromatic heterocycles. The lowest BCUT2D eigenvalue weighted by molar-refractivity contribution is 0.100. The predicted molar refractivity (Wildman–Crippen MR) is 78.5 cm³/mol. The molecule has 0 aliphatic rings. The molecule has 2 aromatic rings. The van der Waals surface area contributed by atoms with E-state index in [1.54, 1.807) is 17.4 Å². The van der Waals surface area contributed by atoms with E-state index < -0.39 is 5.91 Å². The van der Waals surface area contributed by atoms with Crippen LogP contribution in [0.1, 0.15) is 15.2 Å². The van der Waals surface area contributed by atoms with Gasteiger partial charge in [0, 0.05) is 18.5 Å². The molecule has 0 spiro atoms. The van der Waals surface area contributed by atoms with E-state index in [-0.39, 0.29) is 0 Å². The number of rotatable bonds is 5. The average Bonchev–Trinajstić information content (AvgIpc) is 2.88. The molecule has 0 radical (unpaired) electrons. The summed E-state index contributed by atoms with van der Waals surface area (Å²) in [4.78, 5) is 18.8. The van der Waals surface area contributed by atoms with Crippen molar-refractivity contribution < 1.29 is 4.79 Å². The summed E-state index contributed by atoms with van der Waals surface area (Å²) in [6, 6.07) is 5.67. The number of hydrogen-bond acceptors (Lipinski definition) is 5. The summed E-state index contributed by atoms with van der Waals surface area (Å²) in [5.74, 6) is 0.0519. The van der Waals surface area contributed by atoms with E-state index in [9.17, 15) is 4.79 Å². The van der Waals surface area contributed by atoms with Crippen molar-refractivity contribution in [2.24, 2.45) is 5.73 Å². The number of anilines is 2. The number of nitrogens with zero attached hydrogens (tertiary/aromatic N) is 2. The molecule has 0 unspecified atom stereocenters. The molecule has 0 aromatic carbocycles. The maximum absolute atomic E-state index is 11.4. The van der Waals surface area contributed by atoms with Crippen LogP contribution in [0.4, 0.5) is 11.5 Å². The Morgan fingerprint density at radius 1 is 1.53 bits per heavy atom. The highest BCUT2D eigenvalue weighted by Crippen LogP contribution is 2.19. The smallest absolute Gasteiger partial charge is 0.252 e. The van der Waals surface area contributed by atoms with Crippen molar-refractivity contribution in [1.82, 2.24) is 4.98 Å². The largest absolute Gasteiger partial charge is 0.397 e.